The molecular weight excluding hydrogens is 348 g/mol. The molecule has 3 nitrogen and oxygen atoms in total. The molecule has 0 radical (unpaired) electrons. The Hall–Kier alpha value is -2.83. The lowest BCUT2D eigenvalue weighted by molar-refractivity contribution is -0.137. The Bertz CT molecular complexity index is 989. The Kier molecular flexibility index (Phi) is 3.75. The van der Waals surface area contributed by atoms with Gasteiger partial charge in [-0.25, -0.2) is 4.39 Å². The second-order valence-electron chi connectivity index (χ2n) is 6.32. The number of amides is 1. The second kappa shape index (κ2) is 5.86. The summed E-state index contributed by atoms with van der Waals surface area (Å²) in [5.74, 6) is -0.642. The third kappa shape index (κ3) is 2.83. The van der Waals surface area contributed by atoms with E-state index in [1.165, 1.54) is 24.3 Å². The van der Waals surface area contributed by atoms with Crippen LogP contribution in [0.5, 0.6) is 0 Å². The molecule has 0 saturated carbocycles. The van der Waals surface area contributed by atoms with Crippen LogP contribution < -0.4 is 0 Å². The molecule has 1 aliphatic heterocycles. The topological polar surface area (TPSA) is 36.1 Å². The quantitative estimate of drug-likeness (QED) is 0.635. The fourth-order valence-electron chi connectivity index (χ4n) is 3.37. The van der Waals surface area contributed by atoms with Crippen molar-refractivity contribution in [2.24, 2.45) is 0 Å². The fraction of sp³-hybridized carbons (Fsp3) is 0.211. The summed E-state index contributed by atoms with van der Waals surface area (Å²) in [5.41, 5.74) is 2.05. The molecular formula is C19H14F4N2O. The van der Waals surface area contributed by atoms with Crippen LogP contribution in [0.4, 0.5) is 17.6 Å². The Morgan fingerprint density at radius 3 is 2.50 bits per heavy atom. The van der Waals surface area contributed by atoms with E-state index < -0.39 is 11.7 Å². The number of aromatic nitrogens is 1. The second-order valence-corrected chi connectivity index (χ2v) is 6.32. The van der Waals surface area contributed by atoms with Gasteiger partial charge in [-0.15, -0.1) is 0 Å². The smallest absolute Gasteiger partial charge is 0.357 e. The van der Waals surface area contributed by atoms with Crippen molar-refractivity contribution in [2.45, 2.75) is 19.1 Å². The molecule has 1 aromatic heterocycles. The SMILES string of the molecule is O=C(c1ccc(C(F)(F)F)cc1)N1CCc2c([nH]c3ccc(F)cc23)C1. The summed E-state index contributed by atoms with van der Waals surface area (Å²) in [6.07, 6.45) is -3.87. The maximum absolute atomic E-state index is 13.5. The van der Waals surface area contributed by atoms with Gasteiger partial charge in [0.2, 0.25) is 0 Å². The van der Waals surface area contributed by atoms with Gasteiger partial charge in [0.1, 0.15) is 5.82 Å². The number of halogens is 4. The number of alkyl halides is 3. The predicted molar refractivity (Wildman–Crippen MR) is 88.1 cm³/mol. The number of hydrogen-bond donors (Lipinski definition) is 1. The highest BCUT2D eigenvalue weighted by atomic mass is 19.4. The van der Waals surface area contributed by atoms with Crippen LogP contribution in [0.2, 0.25) is 0 Å². The summed E-state index contributed by atoms with van der Waals surface area (Å²) >= 11 is 0. The van der Waals surface area contributed by atoms with Gasteiger partial charge in [0.25, 0.3) is 5.91 Å². The molecule has 0 spiro atoms. The molecule has 26 heavy (non-hydrogen) atoms. The van der Waals surface area contributed by atoms with Gasteiger partial charge in [-0.3, -0.25) is 4.79 Å². The highest BCUT2D eigenvalue weighted by molar-refractivity contribution is 5.95. The van der Waals surface area contributed by atoms with Crippen molar-refractivity contribution in [3.05, 3.63) is 70.7 Å². The number of fused-ring (bicyclic) bond motifs is 3. The van der Waals surface area contributed by atoms with Crippen molar-refractivity contribution in [1.29, 1.82) is 0 Å². The fourth-order valence-corrected chi connectivity index (χ4v) is 3.37. The third-order valence-electron chi connectivity index (χ3n) is 4.68. The van der Waals surface area contributed by atoms with Crippen LogP contribution in [0.3, 0.4) is 0 Å². The maximum Gasteiger partial charge on any atom is 0.416 e. The molecule has 3 aromatic rings. The van der Waals surface area contributed by atoms with E-state index in [1.807, 2.05) is 0 Å². The predicted octanol–water partition coefficient (Wildman–Crippen LogP) is 4.52. The number of rotatable bonds is 1. The van der Waals surface area contributed by atoms with Gasteiger partial charge in [0, 0.05) is 28.7 Å². The van der Waals surface area contributed by atoms with Crippen LogP contribution >= 0.6 is 0 Å². The van der Waals surface area contributed by atoms with E-state index in [4.69, 9.17) is 0 Å². The molecule has 0 atom stereocenters. The van der Waals surface area contributed by atoms with Crippen LogP contribution in [0.15, 0.2) is 42.5 Å². The van der Waals surface area contributed by atoms with Crippen LogP contribution in [0.1, 0.15) is 27.2 Å². The van der Waals surface area contributed by atoms with E-state index in [0.717, 1.165) is 34.3 Å². The summed E-state index contributed by atoms with van der Waals surface area (Å²) < 4.78 is 51.4. The van der Waals surface area contributed by atoms with E-state index in [9.17, 15) is 22.4 Å². The zero-order valence-corrected chi connectivity index (χ0v) is 13.5. The minimum Gasteiger partial charge on any atom is -0.357 e. The van der Waals surface area contributed by atoms with Crippen molar-refractivity contribution >= 4 is 16.8 Å². The Balaban J connectivity index is 1.58. The van der Waals surface area contributed by atoms with E-state index in [2.05, 4.69) is 4.98 Å². The van der Waals surface area contributed by atoms with Gasteiger partial charge in [-0.1, -0.05) is 0 Å². The van der Waals surface area contributed by atoms with Gasteiger partial charge in [-0.2, -0.15) is 13.2 Å². The number of benzene rings is 2. The highest BCUT2D eigenvalue weighted by Crippen LogP contribution is 2.31. The summed E-state index contributed by atoms with van der Waals surface area (Å²) in [5, 5.41) is 0.807. The Morgan fingerprint density at radius 1 is 1.08 bits per heavy atom. The highest BCUT2D eigenvalue weighted by Gasteiger charge is 2.31. The van der Waals surface area contributed by atoms with E-state index in [0.29, 0.717) is 19.5 Å². The summed E-state index contributed by atoms with van der Waals surface area (Å²) in [6.45, 7) is 0.738. The van der Waals surface area contributed by atoms with Crippen LogP contribution in [-0.4, -0.2) is 22.3 Å². The van der Waals surface area contributed by atoms with Gasteiger partial charge in [0.15, 0.2) is 0 Å². The molecule has 1 amide bonds. The zero-order valence-electron chi connectivity index (χ0n) is 13.5. The summed E-state index contributed by atoms with van der Waals surface area (Å²) in [7, 11) is 0. The van der Waals surface area contributed by atoms with Gasteiger partial charge < -0.3 is 9.88 Å². The van der Waals surface area contributed by atoms with Crippen LogP contribution in [0.25, 0.3) is 10.9 Å². The van der Waals surface area contributed by atoms with Gasteiger partial charge >= 0.3 is 6.18 Å². The number of nitrogens with one attached hydrogen (secondary N) is 1. The number of aromatic amines is 1. The first-order valence-corrected chi connectivity index (χ1v) is 8.08. The molecule has 1 aliphatic rings. The number of carbonyl (C=O) groups excluding carboxylic acids is 1. The zero-order chi connectivity index (χ0) is 18.5. The van der Waals surface area contributed by atoms with Gasteiger partial charge in [0.05, 0.1) is 12.1 Å². The molecule has 1 N–H and O–H groups in total. The first-order valence-electron chi connectivity index (χ1n) is 8.08. The lowest BCUT2D eigenvalue weighted by Gasteiger charge is -2.27. The van der Waals surface area contributed by atoms with E-state index in [1.54, 1.807) is 11.0 Å². The average Bonchev–Trinajstić information content (AvgIpc) is 2.97. The first kappa shape index (κ1) is 16.6. The minimum absolute atomic E-state index is 0.212. The van der Waals surface area contributed by atoms with E-state index >= 15 is 0 Å². The van der Waals surface area contributed by atoms with Crippen LogP contribution in [-0.2, 0) is 19.1 Å². The van der Waals surface area contributed by atoms with Crippen molar-refractivity contribution in [3.63, 3.8) is 0 Å². The number of nitrogens with zero attached hydrogens (tertiary/aromatic N) is 1. The average molecular weight is 362 g/mol. The molecule has 2 heterocycles. The number of hydrogen-bond acceptors (Lipinski definition) is 1. The molecule has 7 heteroatoms. The Labute approximate surface area is 146 Å². The molecule has 0 unspecified atom stereocenters. The van der Waals surface area contributed by atoms with Crippen molar-refractivity contribution in [3.8, 4) is 0 Å². The molecule has 2 aromatic carbocycles. The van der Waals surface area contributed by atoms with Crippen molar-refractivity contribution < 1.29 is 22.4 Å². The molecule has 0 saturated heterocycles. The standard InChI is InChI=1S/C19H14F4N2O/c20-13-5-6-16-15(9-13)14-7-8-25(10-17(14)24-16)18(26)11-1-3-12(4-2-11)19(21,22)23/h1-6,9,24H,7-8,10H2. The lowest BCUT2D eigenvalue weighted by Crippen LogP contribution is -2.35. The lowest BCUT2D eigenvalue weighted by atomic mass is 10.0. The summed E-state index contributed by atoms with van der Waals surface area (Å²) in [6, 6.07) is 8.71. The van der Waals surface area contributed by atoms with Crippen molar-refractivity contribution in [2.75, 3.05) is 6.54 Å². The molecule has 0 fully saturated rings. The van der Waals surface area contributed by atoms with Gasteiger partial charge in [-0.05, 0) is 54.4 Å². The monoisotopic (exact) mass is 362 g/mol. The number of carbonyl (C=O) groups is 1. The molecule has 134 valence electrons. The maximum atomic E-state index is 13.5. The Morgan fingerprint density at radius 2 is 1.81 bits per heavy atom. The molecule has 0 aliphatic carbocycles. The molecule has 4 rings (SSSR count). The summed E-state index contributed by atoms with van der Waals surface area (Å²) in [4.78, 5) is 17.4. The van der Waals surface area contributed by atoms with Crippen LogP contribution in [0, 0.1) is 5.82 Å². The third-order valence-corrected chi connectivity index (χ3v) is 4.68. The number of H-pyrrole nitrogens is 1. The van der Waals surface area contributed by atoms with E-state index in [-0.39, 0.29) is 17.3 Å². The molecule has 0 bridgehead atoms. The minimum atomic E-state index is -4.43. The normalized spacial score (nSPS) is 14.5. The van der Waals surface area contributed by atoms with Crippen molar-refractivity contribution in [1.82, 2.24) is 9.88 Å². The first-order chi connectivity index (χ1) is 12.3. The largest absolute Gasteiger partial charge is 0.416 e.